The Bertz CT molecular complexity index is 611. The van der Waals surface area contributed by atoms with Crippen molar-refractivity contribution in [1.82, 2.24) is 15.0 Å². The van der Waals surface area contributed by atoms with Gasteiger partial charge in [-0.25, -0.2) is 4.79 Å². The van der Waals surface area contributed by atoms with E-state index in [1.54, 1.807) is 4.90 Å². The van der Waals surface area contributed by atoms with Crippen molar-refractivity contribution in [2.24, 2.45) is 5.73 Å². The third-order valence-electron chi connectivity index (χ3n) is 3.80. The predicted molar refractivity (Wildman–Crippen MR) is 77.2 cm³/mol. The van der Waals surface area contributed by atoms with Crippen LogP contribution in [0.15, 0.2) is 34.9 Å². The summed E-state index contributed by atoms with van der Waals surface area (Å²) < 4.78 is 5.33. The maximum atomic E-state index is 11.6. The van der Waals surface area contributed by atoms with Crippen LogP contribution in [-0.2, 0) is 0 Å². The zero-order valence-corrected chi connectivity index (χ0v) is 11.7. The number of benzene rings is 1. The van der Waals surface area contributed by atoms with Gasteiger partial charge in [-0.1, -0.05) is 36.2 Å². The number of nitrogens with two attached hydrogens (primary N) is 1. The molecule has 0 bridgehead atoms. The summed E-state index contributed by atoms with van der Waals surface area (Å²) in [6.07, 6.45) is 3.90. The third kappa shape index (κ3) is 2.89. The molecule has 1 unspecified atom stereocenters. The van der Waals surface area contributed by atoms with Crippen molar-refractivity contribution in [2.75, 3.05) is 6.54 Å². The van der Waals surface area contributed by atoms with Crippen molar-refractivity contribution in [3.63, 3.8) is 0 Å². The van der Waals surface area contributed by atoms with Crippen molar-refractivity contribution in [2.45, 2.75) is 31.7 Å². The molecule has 0 spiro atoms. The summed E-state index contributed by atoms with van der Waals surface area (Å²) in [6.45, 7) is 0.648. The van der Waals surface area contributed by atoms with Crippen molar-refractivity contribution in [3.8, 4) is 11.5 Å². The Hall–Kier alpha value is -2.37. The van der Waals surface area contributed by atoms with Crippen LogP contribution in [0.25, 0.3) is 11.5 Å². The second kappa shape index (κ2) is 5.95. The number of urea groups is 1. The number of aromatic nitrogens is 2. The van der Waals surface area contributed by atoms with Crippen LogP contribution in [0.1, 0.15) is 37.5 Å². The van der Waals surface area contributed by atoms with Crippen LogP contribution in [0.3, 0.4) is 0 Å². The minimum atomic E-state index is -0.423. The summed E-state index contributed by atoms with van der Waals surface area (Å²) in [4.78, 5) is 17.7. The quantitative estimate of drug-likeness (QED) is 0.919. The monoisotopic (exact) mass is 286 g/mol. The normalized spacial score (nSPS) is 19.2. The predicted octanol–water partition coefficient (Wildman–Crippen LogP) is 2.73. The molecule has 1 fully saturated rings. The first-order valence-electron chi connectivity index (χ1n) is 7.21. The molecule has 0 radical (unpaired) electrons. The maximum absolute atomic E-state index is 11.6. The highest BCUT2D eigenvalue weighted by molar-refractivity contribution is 5.72. The lowest BCUT2D eigenvalue weighted by molar-refractivity contribution is 0.181. The van der Waals surface area contributed by atoms with Crippen LogP contribution in [0.5, 0.6) is 0 Å². The van der Waals surface area contributed by atoms with Crippen molar-refractivity contribution < 1.29 is 9.32 Å². The molecule has 1 saturated heterocycles. The smallest absolute Gasteiger partial charge is 0.315 e. The van der Waals surface area contributed by atoms with Gasteiger partial charge in [-0.2, -0.15) is 4.98 Å². The van der Waals surface area contributed by atoms with E-state index < -0.39 is 6.03 Å². The van der Waals surface area contributed by atoms with Crippen molar-refractivity contribution in [1.29, 1.82) is 0 Å². The average molecular weight is 286 g/mol. The number of carbonyl (C=O) groups is 1. The highest BCUT2D eigenvalue weighted by Gasteiger charge is 2.29. The number of likely N-dealkylation sites (tertiary alicyclic amines) is 1. The lowest BCUT2D eigenvalue weighted by Crippen LogP contribution is -2.39. The molecule has 0 aliphatic carbocycles. The molecule has 2 N–H and O–H groups in total. The van der Waals surface area contributed by atoms with Gasteiger partial charge >= 0.3 is 6.03 Å². The Morgan fingerprint density at radius 2 is 2.05 bits per heavy atom. The fraction of sp³-hybridized carbons (Fsp3) is 0.400. The number of rotatable bonds is 2. The molecule has 3 rings (SSSR count). The fourth-order valence-electron chi connectivity index (χ4n) is 2.71. The first kappa shape index (κ1) is 13.6. The van der Waals surface area contributed by atoms with Gasteiger partial charge in [-0.05, 0) is 25.0 Å². The third-order valence-corrected chi connectivity index (χ3v) is 3.80. The Morgan fingerprint density at radius 1 is 1.24 bits per heavy atom. The Kier molecular flexibility index (Phi) is 3.85. The van der Waals surface area contributed by atoms with Gasteiger partial charge in [0.15, 0.2) is 5.82 Å². The average Bonchev–Trinajstić information content (AvgIpc) is 2.85. The maximum Gasteiger partial charge on any atom is 0.315 e. The van der Waals surface area contributed by atoms with Gasteiger partial charge in [0.05, 0.1) is 6.04 Å². The second-order valence-corrected chi connectivity index (χ2v) is 5.22. The SMILES string of the molecule is NC(=O)N1CCCCCC1c1noc(-c2ccccc2)n1. The first-order chi connectivity index (χ1) is 10.3. The van der Waals surface area contributed by atoms with Crippen LogP contribution in [0.4, 0.5) is 4.79 Å². The van der Waals surface area contributed by atoms with E-state index >= 15 is 0 Å². The molecule has 21 heavy (non-hydrogen) atoms. The number of nitrogens with zero attached hydrogens (tertiary/aromatic N) is 3. The van der Waals surface area contributed by atoms with Crippen LogP contribution >= 0.6 is 0 Å². The van der Waals surface area contributed by atoms with E-state index in [9.17, 15) is 4.79 Å². The minimum absolute atomic E-state index is 0.189. The van der Waals surface area contributed by atoms with Crippen LogP contribution in [0, 0.1) is 0 Å². The Morgan fingerprint density at radius 3 is 2.81 bits per heavy atom. The first-order valence-corrected chi connectivity index (χ1v) is 7.21. The number of carbonyl (C=O) groups excluding carboxylic acids is 1. The molecule has 1 aromatic carbocycles. The molecule has 2 aromatic rings. The lowest BCUT2D eigenvalue weighted by Gasteiger charge is -2.25. The Balaban J connectivity index is 1.88. The lowest BCUT2D eigenvalue weighted by atomic mass is 10.1. The molecular weight excluding hydrogens is 268 g/mol. The molecule has 1 aliphatic rings. The van der Waals surface area contributed by atoms with Crippen LogP contribution < -0.4 is 5.73 Å². The minimum Gasteiger partial charge on any atom is -0.351 e. The van der Waals surface area contributed by atoms with E-state index in [4.69, 9.17) is 10.3 Å². The number of hydrogen-bond donors (Lipinski definition) is 1. The molecule has 1 aromatic heterocycles. The van der Waals surface area contributed by atoms with E-state index in [2.05, 4.69) is 10.1 Å². The van der Waals surface area contributed by atoms with E-state index in [1.807, 2.05) is 30.3 Å². The van der Waals surface area contributed by atoms with E-state index in [0.29, 0.717) is 18.3 Å². The van der Waals surface area contributed by atoms with E-state index in [1.165, 1.54) is 0 Å². The molecule has 110 valence electrons. The summed E-state index contributed by atoms with van der Waals surface area (Å²) in [5.74, 6) is 1.01. The number of amides is 2. The summed E-state index contributed by atoms with van der Waals surface area (Å²) in [5, 5.41) is 4.05. The fourth-order valence-corrected chi connectivity index (χ4v) is 2.71. The molecule has 2 heterocycles. The number of primary amides is 1. The van der Waals surface area contributed by atoms with Crippen molar-refractivity contribution >= 4 is 6.03 Å². The van der Waals surface area contributed by atoms with Gasteiger partial charge in [-0.15, -0.1) is 0 Å². The molecular formula is C15H18N4O2. The highest BCUT2D eigenvalue weighted by atomic mass is 16.5. The Labute approximate surface area is 122 Å². The standard InChI is InChI=1S/C15H18N4O2/c16-15(20)19-10-6-2-5-9-12(19)13-17-14(21-18-13)11-7-3-1-4-8-11/h1,3-4,7-8,12H,2,5-6,9-10H2,(H2,16,20). The zero-order valence-electron chi connectivity index (χ0n) is 11.7. The van der Waals surface area contributed by atoms with Gasteiger partial charge in [0, 0.05) is 12.1 Å². The summed E-state index contributed by atoms with van der Waals surface area (Å²) >= 11 is 0. The van der Waals surface area contributed by atoms with Crippen LogP contribution in [0.2, 0.25) is 0 Å². The molecule has 1 atom stereocenters. The van der Waals surface area contributed by atoms with E-state index in [-0.39, 0.29) is 6.04 Å². The highest BCUT2D eigenvalue weighted by Crippen LogP contribution is 2.29. The summed E-state index contributed by atoms with van der Waals surface area (Å²) in [6, 6.07) is 8.98. The molecule has 0 saturated carbocycles. The number of hydrogen-bond acceptors (Lipinski definition) is 4. The summed E-state index contributed by atoms with van der Waals surface area (Å²) in [7, 11) is 0. The largest absolute Gasteiger partial charge is 0.351 e. The van der Waals surface area contributed by atoms with Crippen molar-refractivity contribution in [3.05, 3.63) is 36.2 Å². The van der Waals surface area contributed by atoms with Crippen LogP contribution in [-0.4, -0.2) is 27.6 Å². The molecule has 6 nitrogen and oxygen atoms in total. The van der Waals surface area contributed by atoms with E-state index in [0.717, 1.165) is 31.2 Å². The topological polar surface area (TPSA) is 85.3 Å². The molecule has 1 aliphatic heterocycles. The van der Waals surface area contributed by atoms with Gasteiger partial charge in [0.25, 0.3) is 5.89 Å². The van der Waals surface area contributed by atoms with Gasteiger partial charge < -0.3 is 15.2 Å². The zero-order chi connectivity index (χ0) is 14.7. The van der Waals surface area contributed by atoms with Gasteiger partial charge in [0.1, 0.15) is 0 Å². The molecule has 6 heteroatoms. The van der Waals surface area contributed by atoms with Gasteiger partial charge in [-0.3, -0.25) is 0 Å². The summed E-state index contributed by atoms with van der Waals surface area (Å²) in [5.41, 5.74) is 6.35. The van der Waals surface area contributed by atoms with Gasteiger partial charge in [0.2, 0.25) is 0 Å². The second-order valence-electron chi connectivity index (χ2n) is 5.22. The molecule has 2 amide bonds.